The van der Waals surface area contributed by atoms with Crippen LogP contribution < -0.4 is 10.3 Å². The third-order valence-electron chi connectivity index (χ3n) is 2.69. The van der Waals surface area contributed by atoms with E-state index in [9.17, 15) is 9.59 Å². The lowest BCUT2D eigenvalue weighted by atomic mass is 10.1. The Morgan fingerprint density at radius 2 is 2.00 bits per heavy atom. The highest BCUT2D eigenvalue weighted by Crippen LogP contribution is 2.18. The van der Waals surface area contributed by atoms with Crippen LogP contribution in [0.25, 0.3) is 10.8 Å². The van der Waals surface area contributed by atoms with Crippen molar-refractivity contribution in [2.75, 3.05) is 21.2 Å². The lowest BCUT2D eigenvalue weighted by Gasteiger charge is -2.10. The molecule has 5 heteroatoms. The third kappa shape index (κ3) is 2.07. The van der Waals surface area contributed by atoms with Crippen molar-refractivity contribution in [3.05, 3.63) is 40.3 Å². The summed E-state index contributed by atoms with van der Waals surface area (Å²) in [5, 5.41) is 1.22. The summed E-state index contributed by atoms with van der Waals surface area (Å²) in [5.74, 6) is 0.410. The molecular formula is C13H14N2O3. The molecule has 0 aliphatic carbocycles. The van der Waals surface area contributed by atoms with E-state index in [1.165, 1.54) is 4.90 Å². The minimum Gasteiger partial charge on any atom is -0.497 e. The van der Waals surface area contributed by atoms with Crippen molar-refractivity contribution in [1.82, 2.24) is 9.88 Å². The number of nitrogens with one attached hydrogen (secondary N) is 1. The van der Waals surface area contributed by atoms with Crippen molar-refractivity contribution in [3.8, 4) is 5.75 Å². The summed E-state index contributed by atoms with van der Waals surface area (Å²) in [6.45, 7) is 0. The van der Waals surface area contributed by atoms with Crippen LogP contribution in [0.2, 0.25) is 0 Å². The highest BCUT2D eigenvalue weighted by Gasteiger charge is 2.11. The van der Waals surface area contributed by atoms with E-state index in [1.807, 2.05) is 0 Å². The monoisotopic (exact) mass is 246 g/mol. The van der Waals surface area contributed by atoms with Gasteiger partial charge in [0.2, 0.25) is 0 Å². The van der Waals surface area contributed by atoms with Crippen LogP contribution in [0.1, 0.15) is 10.5 Å². The number of carbonyl (C=O) groups excluding carboxylic acids is 1. The van der Waals surface area contributed by atoms with Gasteiger partial charge in [-0.05, 0) is 29.7 Å². The van der Waals surface area contributed by atoms with Crippen molar-refractivity contribution in [2.45, 2.75) is 0 Å². The van der Waals surface area contributed by atoms with Crippen LogP contribution in [0, 0.1) is 0 Å². The summed E-state index contributed by atoms with van der Waals surface area (Å²) in [5.41, 5.74) is -0.00824. The van der Waals surface area contributed by atoms with Crippen molar-refractivity contribution in [1.29, 1.82) is 0 Å². The first-order chi connectivity index (χ1) is 8.52. The zero-order valence-corrected chi connectivity index (χ0v) is 10.5. The zero-order valence-electron chi connectivity index (χ0n) is 10.5. The second-order valence-corrected chi connectivity index (χ2v) is 4.16. The molecule has 0 fully saturated rings. The number of amides is 1. The molecular weight excluding hydrogens is 232 g/mol. The lowest BCUT2D eigenvalue weighted by Crippen LogP contribution is -2.25. The van der Waals surface area contributed by atoms with Crippen LogP contribution in [-0.4, -0.2) is 37.0 Å². The van der Waals surface area contributed by atoms with Gasteiger partial charge in [0.25, 0.3) is 11.5 Å². The molecule has 0 unspecified atom stereocenters. The van der Waals surface area contributed by atoms with Gasteiger partial charge in [-0.15, -0.1) is 0 Å². The molecule has 0 atom stereocenters. The highest BCUT2D eigenvalue weighted by atomic mass is 16.5. The summed E-state index contributed by atoms with van der Waals surface area (Å²) < 4.78 is 5.10. The van der Waals surface area contributed by atoms with Crippen LogP contribution in [0.4, 0.5) is 0 Å². The van der Waals surface area contributed by atoms with E-state index >= 15 is 0 Å². The fourth-order valence-electron chi connectivity index (χ4n) is 1.73. The predicted octanol–water partition coefficient (Wildman–Crippen LogP) is 1.24. The van der Waals surface area contributed by atoms with E-state index in [-0.39, 0.29) is 17.2 Å². The van der Waals surface area contributed by atoms with E-state index < -0.39 is 0 Å². The van der Waals surface area contributed by atoms with Crippen LogP contribution in [0.5, 0.6) is 5.75 Å². The molecule has 1 aromatic carbocycles. The minimum absolute atomic E-state index is 0.239. The molecule has 1 heterocycles. The highest BCUT2D eigenvalue weighted by molar-refractivity contribution is 5.96. The van der Waals surface area contributed by atoms with Crippen LogP contribution in [0.15, 0.2) is 29.1 Å². The Hall–Kier alpha value is -2.30. The van der Waals surface area contributed by atoms with E-state index in [1.54, 1.807) is 45.5 Å². The first kappa shape index (κ1) is 12.2. The number of aromatic amines is 1. The normalized spacial score (nSPS) is 10.4. The van der Waals surface area contributed by atoms with Gasteiger partial charge in [-0.2, -0.15) is 0 Å². The van der Waals surface area contributed by atoms with Gasteiger partial charge in [-0.25, -0.2) is 0 Å². The van der Waals surface area contributed by atoms with Gasteiger partial charge in [0.1, 0.15) is 11.4 Å². The Morgan fingerprint density at radius 3 is 2.61 bits per heavy atom. The first-order valence-electron chi connectivity index (χ1n) is 5.45. The number of hydrogen-bond donors (Lipinski definition) is 1. The largest absolute Gasteiger partial charge is 0.497 e. The molecule has 0 saturated carbocycles. The second kappa shape index (κ2) is 4.52. The maximum Gasteiger partial charge on any atom is 0.269 e. The number of rotatable bonds is 2. The summed E-state index contributed by atoms with van der Waals surface area (Å²) in [4.78, 5) is 27.7. The molecule has 0 spiro atoms. The molecule has 0 aliphatic heterocycles. The van der Waals surface area contributed by atoms with Gasteiger partial charge in [0.05, 0.1) is 7.11 Å². The fraction of sp³-hybridized carbons (Fsp3) is 0.231. The molecule has 1 aromatic heterocycles. The van der Waals surface area contributed by atoms with Gasteiger partial charge in [0.15, 0.2) is 0 Å². The molecule has 18 heavy (non-hydrogen) atoms. The Bertz CT molecular complexity index is 659. The number of carbonyl (C=O) groups is 1. The summed E-state index contributed by atoms with van der Waals surface area (Å²) in [7, 11) is 4.83. The number of hydrogen-bond acceptors (Lipinski definition) is 3. The quantitative estimate of drug-likeness (QED) is 0.867. The number of H-pyrrole nitrogens is 1. The zero-order chi connectivity index (χ0) is 13.3. The smallest absolute Gasteiger partial charge is 0.269 e. The molecule has 94 valence electrons. The van der Waals surface area contributed by atoms with Crippen LogP contribution in [-0.2, 0) is 0 Å². The maximum absolute atomic E-state index is 11.9. The van der Waals surface area contributed by atoms with Crippen molar-refractivity contribution in [3.63, 3.8) is 0 Å². The molecule has 1 amide bonds. The summed E-state index contributed by atoms with van der Waals surface area (Å²) in [6.07, 6.45) is 0. The van der Waals surface area contributed by atoms with Gasteiger partial charge < -0.3 is 14.6 Å². The molecule has 0 saturated heterocycles. The molecule has 0 bridgehead atoms. The number of nitrogens with zero attached hydrogens (tertiary/aromatic N) is 1. The summed E-state index contributed by atoms with van der Waals surface area (Å²) >= 11 is 0. The molecule has 5 nitrogen and oxygen atoms in total. The Morgan fingerprint density at radius 1 is 1.28 bits per heavy atom. The van der Waals surface area contributed by atoms with Crippen LogP contribution >= 0.6 is 0 Å². The van der Waals surface area contributed by atoms with E-state index in [2.05, 4.69) is 4.98 Å². The molecule has 2 rings (SSSR count). The minimum atomic E-state index is -0.277. The maximum atomic E-state index is 11.9. The molecule has 2 aromatic rings. The number of pyridine rings is 1. The average Bonchev–Trinajstić information content (AvgIpc) is 2.36. The SMILES string of the molecule is COc1ccc2c(=O)[nH]c(C(=O)N(C)C)cc2c1. The Kier molecular flexibility index (Phi) is 3.06. The summed E-state index contributed by atoms with van der Waals surface area (Å²) in [6, 6.07) is 6.78. The first-order valence-corrected chi connectivity index (χ1v) is 5.45. The van der Waals surface area contributed by atoms with Crippen molar-refractivity contribution < 1.29 is 9.53 Å². The van der Waals surface area contributed by atoms with E-state index in [0.717, 1.165) is 0 Å². The van der Waals surface area contributed by atoms with Crippen molar-refractivity contribution in [2.24, 2.45) is 0 Å². The fourth-order valence-corrected chi connectivity index (χ4v) is 1.73. The number of fused-ring (bicyclic) bond motifs is 1. The number of aromatic nitrogens is 1. The van der Waals surface area contributed by atoms with Crippen LogP contribution in [0.3, 0.4) is 0 Å². The van der Waals surface area contributed by atoms with E-state index in [0.29, 0.717) is 16.5 Å². The third-order valence-corrected chi connectivity index (χ3v) is 2.69. The number of methoxy groups -OCH3 is 1. The molecule has 1 N–H and O–H groups in total. The number of benzene rings is 1. The van der Waals surface area contributed by atoms with Crippen molar-refractivity contribution >= 4 is 16.7 Å². The second-order valence-electron chi connectivity index (χ2n) is 4.16. The average molecular weight is 246 g/mol. The van der Waals surface area contributed by atoms with Gasteiger partial charge in [-0.1, -0.05) is 0 Å². The Balaban J connectivity index is 2.66. The molecule has 0 radical (unpaired) electrons. The lowest BCUT2D eigenvalue weighted by molar-refractivity contribution is 0.0822. The van der Waals surface area contributed by atoms with Gasteiger partial charge >= 0.3 is 0 Å². The predicted molar refractivity (Wildman–Crippen MR) is 69.1 cm³/mol. The van der Waals surface area contributed by atoms with Gasteiger partial charge in [-0.3, -0.25) is 9.59 Å². The molecule has 0 aliphatic rings. The standard InChI is InChI=1S/C13H14N2O3/c1-15(2)13(17)11-7-8-6-9(18-3)4-5-10(8)12(16)14-11/h4-7H,1-3H3,(H,14,16). The number of ether oxygens (including phenoxy) is 1. The van der Waals surface area contributed by atoms with Gasteiger partial charge in [0, 0.05) is 19.5 Å². The van der Waals surface area contributed by atoms with E-state index in [4.69, 9.17) is 4.74 Å². The Labute approximate surface area is 104 Å². The topological polar surface area (TPSA) is 62.4 Å².